The highest BCUT2D eigenvalue weighted by Crippen LogP contribution is 2.25. The molecule has 0 fully saturated rings. The second-order valence-corrected chi connectivity index (χ2v) is 14.7. The van der Waals surface area contributed by atoms with Crippen LogP contribution in [0.15, 0.2) is 48.5 Å². The van der Waals surface area contributed by atoms with Crippen LogP contribution in [0.4, 0.5) is 16.7 Å². The number of carbonyl (C=O) groups excluding carboxylic acids is 5. The number of nitrogens with two attached hydrogens (primary N) is 2. The van der Waals surface area contributed by atoms with Gasteiger partial charge in [0, 0.05) is 50.4 Å². The lowest BCUT2D eigenvalue weighted by Gasteiger charge is -2.28. The van der Waals surface area contributed by atoms with Crippen LogP contribution >= 0.6 is 0 Å². The number of anilines is 2. The first-order valence-corrected chi connectivity index (χ1v) is 18.8. The zero-order valence-corrected chi connectivity index (χ0v) is 33.5. The van der Waals surface area contributed by atoms with E-state index >= 15 is 0 Å². The molecule has 2 aromatic carbocycles. The molecule has 59 heavy (non-hydrogen) atoms. The van der Waals surface area contributed by atoms with Crippen molar-refractivity contribution >= 4 is 63.7 Å². The summed E-state index contributed by atoms with van der Waals surface area (Å²) < 4.78 is 12.5. The Morgan fingerprint density at radius 1 is 0.695 bits per heavy atom. The number of hydrogen-bond donors (Lipinski definition) is 4. The van der Waals surface area contributed by atoms with Crippen LogP contribution < -0.4 is 22.1 Å². The van der Waals surface area contributed by atoms with E-state index in [1.165, 1.54) is 17.0 Å². The quantitative estimate of drug-likeness (QED) is 0.118. The zero-order chi connectivity index (χ0) is 42.1. The third-order valence-corrected chi connectivity index (χ3v) is 9.22. The van der Waals surface area contributed by atoms with Crippen LogP contribution in [0.3, 0.4) is 0 Å². The number of carbonyl (C=O) groups is 5. The number of primary amides is 2. The maximum Gasteiger partial charge on any atom is 0.410 e. The summed E-state index contributed by atoms with van der Waals surface area (Å²) in [5.74, 6) is -1.83. The largest absolute Gasteiger partial charge is 0.444 e. The summed E-state index contributed by atoms with van der Waals surface area (Å²) in [5, 5.41) is 14.5. The molecule has 4 heterocycles. The molecule has 0 aliphatic carbocycles. The molecule has 19 nitrogen and oxygen atoms in total. The number of rotatable bonds is 14. The van der Waals surface area contributed by atoms with Gasteiger partial charge in [-0.25, -0.2) is 14.8 Å². The summed E-state index contributed by atoms with van der Waals surface area (Å²) in [5.41, 5.74) is 14.7. The molecule has 0 bridgehead atoms. The normalized spacial score (nSPS) is 11.4. The molecular formula is C40H51N13O6. The van der Waals surface area contributed by atoms with Crippen LogP contribution in [-0.4, -0.2) is 92.0 Å². The van der Waals surface area contributed by atoms with Crippen LogP contribution in [0.25, 0.3) is 22.1 Å². The minimum atomic E-state index is -0.839. The maximum absolute atomic E-state index is 13.9. The Morgan fingerprint density at radius 2 is 1.10 bits per heavy atom. The van der Waals surface area contributed by atoms with Gasteiger partial charge < -0.3 is 30.2 Å². The lowest BCUT2D eigenvalue weighted by atomic mass is 10.2. The highest BCUT2D eigenvalue weighted by Gasteiger charge is 2.26. The van der Waals surface area contributed by atoms with Crippen molar-refractivity contribution in [2.24, 2.45) is 11.5 Å². The number of benzene rings is 2. The summed E-state index contributed by atoms with van der Waals surface area (Å²) in [6.07, 6.45) is -0.616. The maximum atomic E-state index is 13.9. The zero-order valence-electron chi connectivity index (χ0n) is 33.5. The molecule has 19 heteroatoms. The van der Waals surface area contributed by atoms with Gasteiger partial charge in [0.2, 0.25) is 23.7 Å². The summed E-state index contributed by atoms with van der Waals surface area (Å²) in [4.78, 5) is 76.0. The summed E-state index contributed by atoms with van der Waals surface area (Å²) in [7, 11) is 0. The molecular weight excluding hydrogens is 759 g/mol. The molecule has 0 atom stereocenters. The lowest BCUT2D eigenvalue weighted by Crippen LogP contribution is -2.40. The van der Waals surface area contributed by atoms with E-state index in [1.54, 1.807) is 89.5 Å². The standard InChI is InChI=1S/C39H47N13O6.CH4/c1-8-51-30(18-22(3)46-51)34(55)44-36-42-26-20-24(32(40)53)10-12-28(26)49(36)16-14-48(38(57)58-39(5,6)7)15-17-50-29-13-11-25(33(41)54)21-27(29)43-37(50)45-35(56)31-19-23(4)47-52(31)9-2;/h10-13,18-21H,8-9,14-17H2,1-7H3,(H2,40,53)(H2,41,54)(H,42,44,55)(H,43,45,56);1H4. The molecule has 312 valence electrons. The van der Waals surface area contributed by atoms with Crippen molar-refractivity contribution < 1.29 is 28.7 Å². The van der Waals surface area contributed by atoms with Crippen LogP contribution in [0.1, 0.15) is 95.1 Å². The smallest absolute Gasteiger partial charge is 0.410 e. The molecule has 5 amide bonds. The van der Waals surface area contributed by atoms with Crippen LogP contribution in [0, 0.1) is 13.8 Å². The number of imidazole rings is 2. The third-order valence-electron chi connectivity index (χ3n) is 9.22. The molecule has 0 aliphatic rings. The van der Waals surface area contributed by atoms with E-state index in [4.69, 9.17) is 16.2 Å². The fraction of sp³-hybridized carbons (Fsp3) is 0.375. The summed E-state index contributed by atoms with van der Waals surface area (Å²) in [6, 6.07) is 12.9. The van der Waals surface area contributed by atoms with E-state index in [2.05, 4.69) is 30.8 Å². The van der Waals surface area contributed by atoms with Gasteiger partial charge in [-0.05, 0) is 97.0 Å². The summed E-state index contributed by atoms with van der Waals surface area (Å²) in [6.45, 7) is 13.9. The van der Waals surface area contributed by atoms with Gasteiger partial charge in [-0.1, -0.05) is 7.43 Å². The Labute approximate surface area is 340 Å². The van der Waals surface area contributed by atoms with Gasteiger partial charge >= 0.3 is 6.09 Å². The van der Waals surface area contributed by atoms with Gasteiger partial charge in [-0.3, -0.25) is 39.2 Å². The number of nitrogens with zero attached hydrogens (tertiary/aromatic N) is 9. The van der Waals surface area contributed by atoms with Crippen molar-refractivity contribution in [2.45, 2.75) is 87.7 Å². The third kappa shape index (κ3) is 9.40. The van der Waals surface area contributed by atoms with Gasteiger partial charge in [0.1, 0.15) is 17.0 Å². The number of hydrogen-bond acceptors (Lipinski definition) is 10. The predicted octanol–water partition coefficient (Wildman–Crippen LogP) is 4.71. The first kappa shape index (κ1) is 43.1. The predicted molar refractivity (Wildman–Crippen MR) is 222 cm³/mol. The Kier molecular flexibility index (Phi) is 12.6. The topological polar surface area (TPSA) is 245 Å². The minimum Gasteiger partial charge on any atom is -0.444 e. The van der Waals surface area contributed by atoms with Gasteiger partial charge in [0.15, 0.2) is 0 Å². The van der Waals surface area contributed by atoms with Gasteiger partial charge in [0.05, 0.1) is 33.5 Å². The van der Waals surface area contributed by atoms with E-state index in [0.29, 0.717) is 57.9 Å². The Morgan fingerprint density at radius 3 is 1.46 bits per heavy atom. The molecule has 0 unspecified atom stereocenters. The van der Waals surface area contributed by atoms with E-state index < -0.39 is 35.3 Å². The number of aromatic nitrogens is 8. The van der Waals surface area contributed by atoms with Crippen LogP contribution in [-0.2, 0) is 30.9 Å². The second-order valence-electron chi connectivity index (χ2n) is 14.7. The molecule has 6 N–H and O–H groups in total. The Balaban J connectivity index is 0.00000661. The summed E-state index contributed by atoms with van der Waals surface area (Å²) >= 11 is 0. The number of aryl methyl sites for hydroxylation is 4. The monoisotopic (exact) mass is 809 g/mol. The van der Waals surface area contributed by atoms with Crippen molar-refractivity contribution in [2.75, 3.05) is 23.7 Å². The van der Waals surface area contributed by atoms with Gasteiger partial charge in [-0.2, -0.15) is 10.2 Å². The highest BCUT2D eigenvalue weighted by atomic mass is 16.6. The average molecular weight is 810 g/mol. The molecule has 0 saturated heterocycles. The van der Waals surface area contributed by atoms with Crippen LogP contribution in [0.2, 0.25) is 0 Å². The van der Waals surface area contributed by atoms with E-state index in [1.807, 2.05) is 13.8 Å². The number of ether oxygens (including phenoxy) is 1. The first-order valence-electron chi connectivity index (χ1n) is 18.8. The fourth-order valence-corrected chi connectivity index (χ4v) is 6.54. The molecule has 4 aromatic heterocycles. The van der Waals surface area contributed by atoms with E-state index in [-0.39, 0.29) is 56.6 Å². The minimum absolute atomic E-state index is 0. The van der Waals surface area contributed by atoms with Crippen molar-refractivity contribution in [3.05, 3.63) is 82.4 Å². The molecule has 0 aliphatic heterocycles. The van der Waals surface area contributed by atoms with Crippen molar-refractivity contribution in [1.29, 1.82) is 0 Å². The van der Waals surface area contributed by atoms with Gasteiger partial charge in [-0.15, -0.1) is 0 Å². The first-order chi connectivity index (χ1) is 27.5. The SMILES string of the molecule is C.CCn1nc(C)cc1C(=O)Nc1nc2cc(C(N)=O)ccc2n1CCN(CCn1c(NC(=O)c2cc(C)nn2CC)nc2cc(C(N)=O)ccc21)C(=O)OC(C)(C)C. The Bertz CT molecular complexity index is 2410. The number of fused-ring (bicyclic) bond motifs is 2. The van der Waals surface area contributed by atoms with Crippen molar-refractivity contribution in [1.82, 2.24) is 43.6 Å². The number of amides is 5. The molecule has 6 rings (SSSR count). The van der Waals surface area contributed by atoms with E-state index in [9.17, 15) is 24.0 Å². The second kappa shape index (κ2) is 17.2. The fourth-order valence-electron chi connectivity index (χ4n) is 6.54. The molecule has 0 saturated carbocycles. The average Bonchev–Trinajstić information content (AvgIpc) is 3.92. The van der Waals surface area contributed by atoms with Crippen LogP contribution in [0.5, 0.6) is 0 Å². The van der Waals surface area contributed by atoms with Gasteiger partial charge in [0.25, 0.3) is 11.8 Å². The molecule has 0 spiro atoms. The van der Waals surface area contributed by atoms with Crippen molar-refractivity contribution in [3.8, 4) is 0 Å². The lowest BCUT2D eigenvalue weighted by molar-refractivity contribution is 0.0238. The van der Waals surface area contributed by atoms with E-state index in [0.717, 1.165) is 0 Å². The Hall–Kier alpha value is -7.05. The molecule has 6 aromatic rings. The molecule has 0 radical (unpaired) electrons. The highest BCUT2D eigenvalue weighted by molar-refractivity contribution is 6.04. The number of nitrogens with one attached hydrogen (secondary N) is 2. The van der Waals surface area contributed by atoms with Crippen molar-refractivity contribution in [3.63, 3.8) is 0 Å².